The molecule has 31 heavy (non-hydrogen) atoms. The summed E-state index contributed by atoms with van der Waals surface area (Å²) in [5.74, 6) is 3.31. The van der Waals surface area contributed by atoms with Crippen LogP contribution >= 0.6 is 0 Å². The highest BCUT2D eigenvalue weighted by molar-refractivity contribution is 5.11. The second-order valence-corrected chi connectivity index (χ2v) is 12.7. The highest BCUT2D eigenvalue weighted by atomic mass is 16.3. The van der Waals surface area contributed by atoms with Gasteiger partial charge >= 0.3 is 0 Å². The Hall–Kier alpha value is -0.160. The predicted octanol–water partition coefficient (Wildman–Crippen LogP) is 4.38. The molecule has 0 radical (unpaired) electrons. The van der Waals surface area contributed by atoms with Gasteiger partial charge in [0.05, 0.1) is 18.3 Å². The highest BCUT2D eigenvalue weighted by Crippen LogP contribution is 2.68. The predicted molar refractivity (Wildman–Crippen MR) is 123 cm³/mol. The lowest BCUT2D eigenvalue weighted by Gasteiger charge is -2.62. The zero-order valence-corrected chi connectivity index (χ0v) is 20.3. The number of hydrogen-bond donors (Lipinski definition) is 4. The number of aliphatic hydroxyl groups excluding tert-OH is 4. The van der Waals surface area contributed by atoms with Crippen molar-refractivity contribution < 1.29 is 20.4 Å². The normalized spacial score (nSPS) is 50.1. The van der Waals surface area contributed by atoms with E-state index in [2.05, 4.69) is 20.8 Å². The van der Waals surface area contributed by atoms with E-state index in [9.17, 15) is 20.4 Å². The van der Waals surface area contributed by atoms with Crippen LogP contribution in [0.3, 0.4) is 0 Å². The molecule has 0 aromatic rings. The van der Waals surface area contributed by atoms with Gasteiger partial charge in [-0.2, -0.15) is 0 Å². The molecule has 180 valence electrons. The molecular formula is C27H48O4. The first-order valence-corrected chi connectivity index (χ1v) is 13.3. The van der Waals surface area contributed by atoms with Gasteiger partial charge in [-0.15, -0.1) is 0 Å². The fourth-order valence-corrected chi connectivity index (χ4v) is 9.22. The van der Waals surface area contributed by atoms with Crippen molar-refractivity contribution in [2.45, 2.75) is 110 Å². The van der Waals surface area contributed by atoms with Gasteiger partial charge < -0.3 is 20.4 Å². The summed E-state index contributed by atoms with van der Waals surface area (Å²) in [5, 5.41) is 41.3. The first kappa shape index (κ1) is 24.0. The van der Waals surface area contributed by atoms with E-state index < -0.39 is 6.10 Å². The Morgan fingerprint density at radius 1 is 0.871 bits per heavy atom. The highest BCUT2D eigenvalue weighted by Gasteiger charge is 2.62. The molecular weight excluding hydrogens is 388 g/mol. The minimum Gasteiger partial charge on any atom is -0.396 e. The van der Waals surface area contributed by atoms with Gasteiger partial charge in [0.1, 0.15) is 0 Å². The second kappa shape index (κ2) is 8.89. The topological polar surface area (TPSA) is 80.9 Å². The summed E-state index contributed by atoms with van der Waals surface area (Å²) in [7, 11) is 0. The van der Waals surface area contributed by atoms with Crippen LogP contribution in [-0.2, 0) is 0 Å². The number of rotatable bonds is 6. The Labute approximate surface area is 189 Å². The van der Waals surface area contributed by atoms with Crippen LogP contribution < -0.4 is 0 Å². The van der Waals surface area contributed by atoms with Crippen LogP contribution in [0, 0.1) is 52.3 Å². The molecule has 0 heterocycles. The summed E-state index contributed by atoms with van der Waals surface area (Å²) in [6.07, 6.45) is 9.81. The van der Waals surface area contributed by atoms with Crippen molar-refractivity contribution in [2.75, 3.05) is 6.61 Å². The third kappa shape index (κ3) is 4.02. The van der Waals surface area contributed by atoms with Crippen molar-refractivity contribution in [2.24, 2.45) is 52.3 Å². The average Bonchev–Trinajstić information content (AvgIpc) is 3.09. The largest absolute Gasteiger partial charge is 0.396 e. The van der Waals surface area contributed by atoms with Crippen LogP contribution in [0.25, 0.3) is 0 Å². The summed E-state index contributed by atoms with van der Waals surface area (Å²) in [6.45, 7) is 9.34. The Morgan fingerprint density at radius 2 is 1.55 bits per heavy atom. The summed E-state index contributed by atoms with van der Waals surface area (Å²) in [5.41, 5.74) is 0.588. The van der Waals surface area contributed by atoms with E-state index in [1.807, 2.05) is 6.92 Å². The molecule has 12 atom stereocenters. The standard InChI is InChI=1S/C27H48O4/c1-16(5-8-23(30)17(2)15-28)20-6-7-21-25-22(10-12-27(20,21)4)26(3)11-9-19(29)13-18(26)14-24(25)31/h16-25,28-31H,5-15H2,1-4H3. The van der Waals surface area contributed by atoms with Gasteiger partial charge in [0, 0.05) is 12.5 Å². The Balaban J connectivity index is 1.48. The number of hydrogen-bond acceptors (Lipinski definition) is 4. The van der Waals surface area contributed by atoms with E-state index in [4.69, 9.17) is 0 Å². The molecule has 4 saturated carbocycles. The number of aliphatic hydroxyl groups is 4. The molecule has 0 amide bonds. The molecule has 4 heteroatoms. The molecule has 12 unspecified atom stereocenters. The van der Waals surface area contributed by atoms with Gasteiger partial charge in [0.15, 0.2) is 0 Å². The van der Waals surface area contributed by atoms with Crippen molar-refractivity contribution in [1.29, 1.82) is 0 Å². The molecule has 0 aliphatic heterocycles. The van der Waals surface area contributed by atoms with E-state index in [1.54, 1.807) is 0 Å². The third-order valence-electron chi connectivity index (χ3n) is 11.3. The lowest BCUT2D eigenvalue weighted by Crippen LogP contribution is -2.58. The first-order valence-electron chi connectivity index (χ1n) is 13.3. The van der Waals surface area contributed by atoms with Gasteiger partial charge in [0.2, 0.25) is 0 Å². The molecule has 0 aromatic heterocycles. The maximum Gasteiger partial charge on any atom is 0.0587 e. The van der Waals surface area contributed by atoms with E-state index in [1.165, 1.54) is 25.7 Å². The van der Waals surface area contributed by atoms with Crippen LogP contribution in [0.4, 0.5) is 0 Å². The molecule has 4 nitrogen and oxygen atoms in total. The minimum absolute atomic E-state index is 0.0466. The van der Waals surface area contributed by atoms with Crippen molar-refractivity contribution >= 4 is 0 Å². The molecule has 4 rings (SSSR count). The monoisotopic (exact) mass is 436 g/mol. The van der Waals surface area contributed by atoms with E-state index in [0.717, 1.165) is 38.5 Å². The molecule has 0 bridgehead atoms. The summed E-state index contributed by atoms with van der Waals surface area (Å²) < 4.78 is 0. The van der Waals surface area contributed by atoms with Gasteiger partial charge in [-0.25, -0.2) is 0 Å². The fourth-order valence-electron chi connectivity index (χ4n) is 9.22. The van der Waals surface area contributed by atoms with Crippen LogP contribution in [0.15, 0.2) is 0 Å². The lowest BCUT2D eigenvalue weighted by atomic mass is 9.43. The van der Waals surface area contributed by atoms with Crippen molar-refractivity contribution in [3.63, 3.8) is 0 Å². The van der Waals surface area contributed by atoms with E-state index >= 15 is 0 Å². The SMILES string of the molecule is CC(CO)C(O)CCC(C)C1CCC2C3C(O)CC4CC(O)CCC4(C)C3CCC12C. The van der Waals surface area contributed by atoms with Crippen LogP contribution in [0.2, 0.25) is 0 Å². The maximum absolute atomic E-state index is 11.4. The molecule has 4 aliphatic carbocycles. The van der Waals surface area contributed by atoms with Gasteiger partial charge in [-0.1, -0.05) is 27.7 Å². The average molecular weight is 437 g/mol. The van der Waals surface area contributed by atoms with Gasteiger partial charge in [0.25, 0.3) is 0 Å². The summed E-state index contributed by atoms with van der Waals surface area (Å²) in [6, 6.07) is 0. The van der Waals surface area contributed by atoms with E-state index in [0.29, 0.717) is 46.3 Å². The Morgan fingerprint density at radius 3 is 2.26 bits per heavy atom. The van der Waals surface area contributed by atoms with Gasteiger partial charge in [-0.3, -0.25) is 0 Å². The molecule has 4 fully saturated rings. The van der Waals surface area contributed by atoms with Crippen LogP contribution in [-0.4, -0.2) is 45.3 Å². The molecule has 0 saturated heterocycles. The van der Waals surface area contributed by atoms with Crippen LogP contribution in [0.5, 0.6) is 0 Å². The van der Waals surface area contributed by atoms with E-state index in [-0.39, 0.29) is 24.7 Å². The summed E-state index contributed by atoms with van der Waals surface area (Å²) in [4.78, 5) is 0. The number of fused-ring (bicyclic) bond motifs is 5. The zero-order chi connectivity index (χ0) is 22.6. The van der Waals surface area contributed by atoms with Gasteiger partial charge in [-0.05, 0) is 111 Å². The van der Waals surface area contributed by atoms with Crippen molar-refractivity contribution in [3.8, 4) is 0 Å². The molecule has 0 spiro atoms. The van der Waals surface area contributed by atoms with Crippen molar-refractivity contribution in [1.82, 2.24) is 0 Å². The second-order valence-electron chi connectivity index (χ2n) is 12.7. The first-order chi connectivity index (χ1) is 14.6. The molecule has 4 N–H and O–H groups in total. The smallest absolute Gasteiger partial charge is 0.0587 e. The Kier molecular flexibility index (Phi) is 6.88. The zero-order valence-electron chi connectivity index (χ0n) is 20.3. The fraction of sp³-hybridized carbons (Fsp3) is 1.00. The molecule has 4 aliphatic rings. The van der Waals surface area contributed by atoms with Crippen molar-refractivity contribution in [3.05, 3.63) is 0 Å². The quantitative estimate of drug-likeness (QED) is 0.498. The maximum atomic E-state index is 11.4. The molecule has 0 aromatic carbocycles. The minimum atomic E-state index is -0.410. The summed E-state index contributed by atoms with van der Waals surface area (Å²) >= 11 is 0. The van der Waals surface area contributed by atoms with Crippen LogP contribution in [0.1, 0.15) is 91.9 Å². The third-order valence-corrected chi connectivity index (χ3v) is 11.3. The lowest BCUT2D eigenvalue weighted by molar-refractivity contribution is -0.174. The Bertz CT molecular complexity index is 624.